The number of rotatable bonds is 6. The van der Waals surface area contributed by atoms with Crippen LogP contribution in [0.3, 0.4) is 0 Å². The molecule has 1 aromatic heterocycles. The number of nitrogens with one attached hydrogen (secondary N) is 1. The summed E-state index contributed by atoms with van der Waals surface area (Å²) in [7, 11) is 0. The molecule has 0 aliphatic carbocycles. The Bertz CT molecular complexity index is 533. The molecule has 1 aromatic rings. The number of hydrogen-bond donors (Lipinski definition) is 2. The van der Waals surface area contributed by atoms with E-state index < -0.39 is 23.2 Å². The van der Waals surface area contributed by atoms with Crippen molar-refractivity contribution in [3.8, 4) is 0 Å². The van der Waals surface area contributed by atoms with Gasteiger partial charge in [0, 0.05) is 6.20 Å². The van der Waals surface area contributed by atoms with Crippen LogP contribution in [0.2, 0.25) is 0 Å². The number of aryl methyl sites for hydroxylation is 1. The molecule has 0 bridgehead atoms. The molecule has 22 heavy (non-hydrogen) atoms. The number of ether oxygens (including phenoxy) is 1. The van der Waals surface area contributed by atoms with Gasteiger partial charge >= 0.3 is 12.1 Å². The summed E-state index contributed by atoms with van der Waals surface area (Å²) in [5.41, 5.74) is -1.16. The zero-order valence-electron chi connectivity index (χ0n) is 13.8. The van der Waals surface area contributed by atoms with Gasteiger partial charge < -0.3 is 15.2 Å². The van der Waals surface area contributed by atoms with Crippen molar-refractivity contribution in [3.05, 3.63) is 18.0 Å². The third-order valence-corrected chi connectivity index (χ3v) is 2.95. The van der Waals surface area contributed by atoms with Crippen molar-refractivity contribution < 1.29 is 19.4 Å². The molecular weight excluding hydrogens is 286 g/mol. The monoisotopic (exact) mass is 311 g/mol. The SMILES string of the molecule is CCCc1cnn(CC(C)(NC(=O)OC(C)(C)C)C(=O)O)c1. The highest BCUT2D eigenvalue weighted by Crippen LogP contribution is 2.13. The summed E-state index contributed by atoms with van der Waals surface area (Å²) < 4.78 is 6.65. The molecular formula is C15H25N3O4. The van der Waals surface area contributed by atoms with Crippen LogP contribution in [-0.4, -0.2) is 38.1 Å². The number of alkyl carbamates (subject to hydrolysis) is 1. The number of carbonyl (C=O) groups is 2. The van der Waals surface area contributed by atoms with Gasteiger partial charge in [-0.25, -0.2) is 9.59 Å². The molecule has 1 heterocycles. The summed E-state index contributed by atoms with van der Waals surface area (Å²) in [6, 6.07) is 0. The molecule has 0 spiro atoms. The molecule has 0 radical (unpaired) electrons. The van der Waals surface area contributed by atoms with Gasteiger partial charge in [-0.05, 0) is 39.7 Å². The lowest BCUT2D eigenvalue weighted by molar-refractivity contribution is -0.144. The summed E-state index contributed by atoms with van der Waals surface area (Å²) in [6.07, 6.45) is 4.60. The van der Waals surface area contributed by atoms with Crippen LogP contribution >= 0.6 is 0 Å². The van der Waals surface area contributed by atoms with Crippen LogP contribution in [0.1, 0.15) is 46.6 Å². The van der Waals surface area contributed by atoms with E-state index in [-0.39, 0.29) is 6.54 Å². The van der Waals surface area contributed by atoms with Crippen molar-refractivity contribution >= 4 is 12.1 Å². The second-order valence-electron chi connectivity index (χ2n) is 6.56. The molecule has 1 atom stereocenters. The van der Waals surface area contributed by atoms with Crippen LogP contribution in [0.4, 0.5) is 4.79 Å². The molecule has 7 nitrogen and oxygen atoms in total. The molecule has 2 N–H and O–H groups in total. The molecule has 7 heteroatoms. The standard InChI is InChI=1S/C15H25N3O4/c1-6-7-11-8-16-18(9-11)10-15(5,12(19)20)17-13(21)22-14(2,3)4/h8-9H,6-7,10H2,1-5H3,(H,17,21)(H,19,20). The summed E-state index contributed by atoms with van der Waals surface area (Å²) in [4.78, 5) is 23.4. The zero-order valence-corrected chi connectivity index (χ0v) is 13.8. The number of carboxylic acid groups (broad SMARTS) is 1. The molecule has 0 aromatic carbocycles. The van der Waals surface area contributed by atoms with E-state index >= 15 is 0 Å². The average molecular weight is 311 g/mol. The Morgan fingerprint density at radius 3 is 2.50 bits per heavy atom. The van der Waals surface area contributed by atoms with Gasteiger partial charge in [0.25, 0.3) is 0 Å². The Balaban J connectivity index is 2.81. The molecule has 0 aliphatic rings. The van der Waals surface area contributed by atoms with Gasteiger partial charge in [0.2, 0.25) is 0 Å². The largest absolute Gasteiger partial charge is 0.479 e. The molecule has 1 unspecified atom stereocenters. The number of hydrogen-bond acceptors (Lipinski definition) is 4. The molecule has 1 rings (SSSR count). The third kappa shape index (κ3) is 5.38. The maximum atomic E-state index is 11.9. The first-order valence-electron chi connectivity index (χ1n) is 7.31. The molecule has 1 amide bonds. The van der Waals surface area contributed by atoms with Crippen LogP contribution < -0.4 is 5.32 Å². The highest BCUT2D eigenvalue weighted by Gasteiger charge is 2.37. The topological polar surface area (TPSA) is 93.5 Å². The van der Waals surface area contributed by atoms with Gasteiger partial charge in [0.05, 0.1) is 12.7 Å². The predicted molar refractivity (Wildman–Crippen MR) is 81.6 cm³/mol. The lowest BCUT2D eigenvalue weighted by Crippen LogP contribution is -2.56. The van der Waals surface area contributed by atoms with Crippen LogP contribution in [0, 0.1) is 0 Å². The number of amides is 1. The van der Waals surface area contributed by atoms with Crippen molar-refractivity contribution in [2.45, 2.75) is 65.1 Å². The lowest BCUT2D eigenvalue weighted by atomic mass is 10.0. The fourth-order valence-electron chi connectivity index (χ4n) is 1.92. The number of carboxylic acids is 1. The number of aromatic nitrogens is 2. The number of nitrogens with zero attached hydrogens (tertiary/aromatic N) is 2. The van der Waals surface area contributed by atoms with Crippen molar-refractivity contribution in [1.29, 1.82) is 0 Å². The maximum absolute atomic E-state index is 11.9. The van der Waals surface area contributed by atoms with E-state index in [0.29, 0.717) is 0 Å². The first-order valence-corrected chi connectivity index (χ1v) is 7.31. The van der Waals surface area contributed by atoms with Crippen LogP contribution in [-0.2, 0) is 22.5 Å². The van der Waals surface area contributed by atoms with E-state index in [1.165, 1.54) is 11.6 Å². The van der Waals surface area contributed by atoms with Gasteiger partial charge in [-0.3, -0.25) is 4.68 Å². The normalized spacial score (nSPS) is 14.2. The fourth-order valence-corrected chi connectivity index (χ4v) is 1.92. The van der Waals surface area contributed by atoms with E-state index in [1.807, 2.05) is 0 Å². The summed E-state index contributed by atoms with van der Waals surface area (Å²) in [5.74, 6) is -1.15. The second-order valence-corrected chi connectivity index (χ2v) is 6.56. The zero-order chi connectivity index (χ0) is 17.0. The third-order valence-electron chi connectivity index (χ3n) is 2.95. The molecule has 124 valence electrons. The second kappa shape index (κ2) is 6.81. The predicted octanol–water partition coefficient (Wildman–Crippen LogP) is 2.20. The lowest BCUT2D eigenvalue weighted by Gasteiger charge is -2.28. The maximum Gasteiger partial charge on any atom is 0.408 e. The molecule has 0 fully saturated rings. The first-order chi connectivity index (χ1) is 10.1. The first kappa shape index (κ1) is 18.0. The van der Waals surface area contributed by atoms with E-state index in [9.17, 15) is 14.7 Å². The van der Waals surface area contributed by atoms with Crippen molar-refractivity contribution in [2.24, 2.45) is 0 Å². The Labute approximate surface area is 130 Å². The van der Waals surface area contributed by atoms with Crippen molar-refractivity contribution in [3.63, 3.8) is 0 Å². The average Bonchev–Trinajstić information content (AvgIpc) is 2.73. The van der Waals surface area contributed by atoms with Crippen LogP contribution in [0.25, 0.3) is 0 Å². The number of aliphatic carboxylic acids is 1. The summed E-state index contributed by atoms with van der Waals surface area (Å²) in [5, 5.41) is 16.0. The van der Waals surface area contributed by atoms with Gasteiger partial charge in [0.15, 0.2) is 5.54 Å². The fraction of sp³-hybridized carbons (Fsp3) is 0.667. The molecule has 0 saturated carbocycles. The minimum atomic E-state index is -1.50. The van der Waals surface area contributed by atoms with Crippen molar-refractivity contribution in [1.82, 2.24) is 15.1 Å². The summed E-state index contributed by atoms with van der Waals surface area (Å²) in [6.45, 7) is 8.66. The Morgan fingerprint density at radius 2 is 2.00 bits per heavy atom. The van der Waals surface area contributed by atoms with E-state index in [0.717, 1.165) is 18.4 Å². The Hall–Kier alpha value is -2.05. The molecule has 0 saturated heterocycles. The van der Waals surface area contributed by atoms with Gasteiger partial charge in [0.1, 0.15) is 5.60 Å². The highest BCUT2D eigenvalue weighted by molar-refractivity contribution is 5.83. The smallest absolute Gasteiger partial charge is 0.408 e. The van der Waals surface area contributed by atoms with Crippen molar-refractivity contribution in [2.75, 3.05) is 0 Å². The minimum absolute atomic E-state index is 0.0191. The Morgan fingerprint density at radius 1 is 1.36 bits per heavy atom. The Kier molecular flexibility index (Phi) is 5.57. The molecule has 0 aliphatic heterocycles. The van der Waals surface area contributed by atoms with Gasteiger partial charge in [-0.2, -0.15) is 5.10 Å². The highest BCUT2D eigenvalue weighted by atomic mass is 16.6. The summed E-state index contributed by atoms with van der Waals surface area (Å²) >= 11 is 0. The van der Waals surface area contributed by atoms with Gasteiger partial charge in [-0.15, -0.1) is 0 Å². The minimum Gasteiger partial charge on any atom is -0.479 e. The van der Waals surface area contributed by atoms with E-state index in [2.05, 4.69) is 17.3 Å². The number of carbonyl (C=O) groups excluding carboxylic acids is 1. The van der Waals surface area contributed by atoms with Crippen LogP contribution in [0.15, 0.2) is 12.4 Å². The van der Waals surface area contributed by atoms with Gasteiger partial charge in [-0.1, -0.05) is 13.3 Å². The van der Waals surface area contributed by atoms with E-state index in [4.69, 9.17) is 4.74 Å². The van der Waals surface area contributed by atoms with E-state index in [1.54, 1.807) is 33.2 Å². The van der Waals surface area contributed by atoms with Crippen LogP contribution in [0.5, 0.6) is 0 Å². The quantitative estimate of drug-likeness (QED) is 0.840.